The molecule has 1 saturated carbocycles. The molecule has 1 aromatic carbocycles. The van der Waals surface area contributed by atoms with Crippen LogP contribution in [0.1, 0.15) is 89.7 Å². The number of hydrogen-bond donors (Lipinski definition) is 2. The standard InChI is InChI=1S/C30H42N6O5S/c1-40-26(37)14-7-2-3-10-20-42(38,39)24-17-15-23(16-18-24)33-30-34-28(32-22-11-5-4-6-12-22)27-29(35-30)36(21-31-27)25-13-8-9-19-41-25/h15-18,21-22,25H,2-14,19-20H2,1H3,(H2,32,33,34,35). The zero-order valence-corrected chi connectivity index (χ0v) is 25.2. The highest BCUT2D eigenvalue weighted by atomic mass is 32.2. The molecule has 1 atom stereocenters. The Morgan fingerprint density at radius 3 is 2.50 bits per heavy atom. The number of sulfone groups is 1. The van der Waals surface area contributed by atoms with E-state index >= 15 is 0 Å². The summed E-state index contributed by atoms with van der Waals surface area (Å²) in [6.07, 6.45) is 13.8. The molecule has 1 aliphatic heterocycles. The fourth-order valence-corrected chi connectivity index (χ4v) is 7.05. The summed E-state index contributed by atoms with van der Waals surface area (Å²) in [5.74, 6) is 0.958. The van der Waals surface area contributed by atoms with Gasteiger partial charge < -0.3 is 20.1 Å². The van der Waals surface area contributed by atoms with Gasteiger partial charge in [0.1, 0.15) is 6.23 Å². The number of benzene rings is 1. The fourth-order valence-electron chi connectivity index (χ4n) is 5.68. The normalized spacial score (nSPS) is 18.2. The number of imidazole rings is 1. The van der Waals surface area contributed by atoms with Crippen molar-refractivity contribution in [1.29, 1.82) is 0 Å². The minimum atomic E-state index is -3.41. The van der Waals surface area contributed by atoms with Crippen LogP contribution in [-0.2, 0) is 24.1 Å². The second-order valence-corrected chi connectivity index (χ2v) is 13.3. The van der Waals surface area contributed by atoms with Gasteiger partial charge in [0.05, 0.1) is 24.1 Å². The van der Waals surface area contributed by atoms with Crippen molar-refractivity contribution in [2.45, 2.75) is 101 Å². The predicted molar refractivity (Wildman–Crippen MR) is 162 cm³/mol. The summed E-state index contributed by atoms with van der Waals surface area (Å²) in [5.41, 5.74) is 2.13. The number of carbonyl (C=O) groups is 1. The molecule has 0 bridgehead atoms. The molecule has 5 rings (SSSR count). The van der Waals surface area contributed by atoms with E-state index in [2.05, 4.69) is 20.4 Å². The van der Waals surface area contributed by atoms with Crippen molar-refractivity contribution in [3.05, 3.63) is 30.6 Å². The van der Waals surface area contributed by atoms with Crippen LogP contribution in [0.3, 0.4) is 0 Å². The molecule has 2 aliphatic rings. The highest BCUT2D eigenvalue weighted by molar-refractivity contribution is 7.91. The quantitative estimate of drug-likeness (QED) is 0.180. The maximum Gasteiger partial charge on any atom is 0.305 e. The Balaban J connectivity index is 1.28. The molecule has 3 heterocycles. The maximum atomic E-state index is 12.9. The largest absolute Gasteiger partial charge is 0.469 e. The molecule has 12 heteroatoms. The molecule has 1 aliphatic carbocycles. The van der Waals surface area contributed by atoms with Crippen molar-refractivity contribution < 1.29 is 22.7 Å². The minimum Gasteiger partial charge on any atom is -0.469 e. The summed E-state index contributed by atoms with van der Waals surface area (Å²) < 4.78 is 38.4. The fraction of sp³-hybridized carbons (Fsp3) is 0.600. The van der Waals surface area contributed by atoms with Crippen molar-refractivity contribution in [3.63, 3.8) is 0 Å². The smallest absolute Gasteiger partial charge is 0.305 e. The first kappa shape index (κ1) is 30.2. The van der Waals surface area contributed by atoms with E-state index in [0.717, 1.165) is 57.1 Å². The molecule has 42 heavy (non-hydrogen) atoms. The van der Waals surface area contributed by atoms with Gasteiger partial charge in [-0.1, -0.05) is 32.1 Å². The topological polar surface area (TPSA) is 137 Å². The van der Waals surface area contributed by atoms with Crippen LogP contribution in [0.4, 0.5) is 17.5 Å². The highest BCUT2D eigenvalue weighted by Crippen LogP contribution is 2.31. The number of anilines is 3. The Morgan fingerprint density at radius 1 is 1.00 bits per heavy atom. The minimum absolute atomic E-state index is 0.0706. The molecule has 0 radical (unpaired) electrons. The number of ether oxygens (including phenoxy) is 2. The van der Waals surface area contributed by atoms with Gasteiger partial charge in [-0.2, -0.15) is 9.97 Å². The molecule has 0 spiro atoms. The summed E-state index contributed by atoms with van der Waals surface area (Å²) in [6, 6.07) is 7.07. The lowest BCUT2D eigenvalue weighted by atomic mass is 9.95. The average molecular weight is 599 g/mol. The van der Waals surface area contributed by atoms with E-state index in [4.69, 9.17) is 14.7 Å². The van der Waals surface area contributed by atoms with Gasteiger partial charge in [-0.3, -0.25) is 9.36 Å². The first-order valence-corrected chi connectivity index (χ1v) is 16.9. The van der Waals surface area contributed by atoms with E-state index in [0.29, 0.717) is 48.4 Å². The number of nitrogens with one attached hydrogen (secondary N) is 2. The Hall–Kier alpha value is -3.25. The zero-order valence-electron chi connectivity index (χ0n) is 24.4. The van der Waals surface area contributed by atoms with Crippen LogP contribution in [0.5, 0.6) is 0 Å². The number of fused-ring (bicyclic) bond motifs is 1. The second-order valence-electron chi connectivity index (χ2n) is 11.2. The van der Waals surface area contributed by atoms with Crippen LogP contribution in [0.2, 0.25) is 0 Å². The third kappa shape index (κ3) is 7.77. The van der Waals surface area contributed by atoms with Gasteiger partial charge in [0.2, 0.25) is 5.95 Å². The van der Waals surface area contributed by atoms with Crippen LogP contribution < -0.4 is 10.6 Å². The van der Waals surface area contributed by atoms with E-state index < -0.39 is 9.84 Å². The van der Waals surface area contributed by atoms with Crippen molar-refractivity contribution >= 4 is 44.4 Å². The van der Waals surface area contributed by atoms with E-state index in [-0.39, 0.29) is 22.8 Å². The SMILES string of the molecule is COC(=O)CCCCCCS(=O)(=O)c1ccc(Nc2nc(NC3CCCCC3)c3ncn(C4CCCCO4)c3n2)cc1. The van der Waals surface area contributed by atoms with Crippen LogP contribution in [0.25, 0.3) is 11.2 Å². The van der Waals surface area contributed by atoms with Crippen LogP contribution in [0, 0.1) is 0 Å². The zero-order chi connectivity index (χ0) is 29.4. The summed E-state index contributed by atoms with van der Waals surface area (Å²) in [4.78, 5) is 25.8. The number of esters is 1. The summed E-state index contributed by atoms with van der Waals surface area (Å²) in [5, 5.41) is 6.90. The Morgan fingerprint density at radius 2 is 1.76 bits per heavy atom. The van der Waals surface area contributed by atoms with Gasteiger partial charge in [-0.25, -0.2) is 13.4 Å². The lowest BCUT2D eigenvalue weighted by Gasteiger charge is -2.25. The second kappa shape index (κ2) is 14.3. The number of aromatic nitrogens is 4. The highest BCUT2D eigenvalue weighted by Gasteiger charge is 2.23. The third-order valence-corrected chi connectivity index (χ3v) is 9.89. The van der Waals surface area contributed by atoms with Gasteiger partial charge in [0.15, 0.2) is 26.8 Å². The van der Waals surface area contributed by atoms with Gasteiger partial charge in [0, 0.05) is 24.8 Å². The average Bonchev–Trinajstić information content (AvgIpc) is 3.44. The lowest BCUT2D eigenvalue weighted by molar-refractivity contribution is -0.140. The molecule has 1 saturated heterocycles. The molecular weight excluding hydrogens is 556 g/mol. The molecule has 2 fully saturated rings. The van der Waals surface area contributed by atoms with Gasteiger partial charge >= 0.3 is 5.97 Å². The Labute approximate surface area is 247 Å². The molecule has 3 aromatic rings. The molecule has 2 aromatic heterocycles. The molecule has 11 nitrogen and oxygen atoms in total. The van der Waals surface area contributed by atoms with Crippen molar-refractivity contribution in [3.8, 4) is 0 Å². The summed E-state index contributed by atoms with van der Waals surface area (Å²) >= 11 is 0. The van der Waals surface area contributed by atoms with Crippen molar-refractivity contribution in [1.82, 2.24) is 19.5 Å². The van der Waals surface area contributed by atoms with E-state index in [9.17, 15) is 13.2 Å². The first-order valence-electron chi connectivity index (χ1n) is 15.2. The number of hydrogen-bond acceptors (Lipinski definition) is 10. The number of unbranched alkanes of at least 4 members (excludes halogenated alkanes) is 3. The lowest BCUT2D eigenvalue weighted by Crippen LogP contribution is -2.23. The predicted octanol–water partition coefficient (Wildman–Crippen LogP) is 5.91. The van der Waals surface area contributed by atoms with Gasteiger partial charge in [0.25, 0.3) is 0 Å². The van der Waals surface area contributed by atoms with Crippen molar-refractivity contribution in [2.24, 2.45) is 0 Å². The number of carbonyl (C=O) groups excluding carboxylic acids is 1. The van der Waals surface area contributed by atoms with E-state index in [1.165, 1.54) is 26.4 Å². The van der Waals surface area contributed by atoms with E-state index in [1.54, 1.807) is 30.6 Å². The first-order chi connectivity index (χ1) is 20.4. The molecular formula is C30H42N6O5S. The number of nitrogens with zero attached hydrogens (tertiary/aromatic N) is 4. The Kier molecular flexibility index (Phi) is 10.3. The molecule has 0 amide bonds. The van der Waals surface area contributed by atoms with Gasteiger partial charge in [-0.05, 0) is 69.2 Å². The van der Waals surface area contributed by atoms with Crippen LogP contribution >= 0.6 is 0 Å². The van der Waals surface area contributed by atoms with Crippen LogP contribution in [0.15, 0.2) is 35.5 Å². The number of rotatable bonds is 13. The monoisotopic (exact) mass is 598 g/mol. The molecule has 1 unspecified atom stereocenters. The van der Waals surface area contributed by atoms with Gasteiger partial charge in [-0.15, -0.1) is 0 Å². The summed E-state index contributed by atoms with van der Waals surface area (Å²) in [7, 11) is -2.03. The Bertz CT molecular complexity index is 1430. The summed E-state index contributed by atoms with van der Waals surface area (Å²) in [6.45, 7) is 0.721. The number of methoxy groups -OCH3 is 1. The molecule has 228 valence electrons. The third-order valence-electron chi connectivity index (χ3n) is 8.07. The van der Waals surface area contributed by atoms with Crippen molar-refractivity contribution in [2.75, 3.05) is 30.1 Å². The van der Waals surface area contributed by atoms with E-state index in [1.807, 2.05) is 4.57 Å². The maximum absolute atomic E-state index is 12.9. The molecule has 2 N–H and O–H groups in total. The van der Waals surface area contributed by atoms with Crippen LogP contribution in [-0.4, -0.2) is 59.4 Å².